The van der Waals surface area contributed by atoms with E-state index in [1.807, 2.05) is 6.07 Å². The molecule has 0 fully saturated rings. The molecule has 2 N–H and O–H groups in total. The smallest absolute Gasteiger partial charge is 0.254 e. The lowest BCUT2D eigenvalue weighted by Gasteiger charge is -2.07. The van der Waals surface area contributed by atoms with Gasteiger partial charge in [-0.05, 0) is 24.3 Å². The lowest BCUT2D eigenvalue weighted by atomic mass is 10.2. The fourth-order valence-electron chi connectivity index (χ4n) is 1.63. The van der Waals surface area contributed by atoms with E-state index in [9.17, 15) is 14.0 Å². The lowest BCUT2D eigenvalue weighted by Crippen LogP contribution is -2.33. The van der Waals surface area contributed by atoms with Gasteiger partial charge in [-0.25, -0.2) is 4.39 Å². The summed E-state index contributed by atoms with van der Waals surface area (Å²) in [5.74, 6) is -1.61. The summed E-state index contributed by atoms with van der Waals surface area (Å²) in [6, 6.07) is 14.5. The number of carbonyl (C=O) groups excluding carboxylic acids is 2. The van der Waals surface area contributed by atoms with Gasteiger partial charge in [0.1, 0.15) is 5.82 Å². The summed E-state index contributed by atoms with van der Waals surface area (Å²) < 4.78 is 13.3. The molecule has 2 aromatic carbocycles. The van der Waals surface area contributed by atoms with Crippen LogP contribution in [0.1, 0.15) is 10.4 Å². The van der Waals surface area contributed by atoms with Gasteiger partial charge in [-0.1, -0.05) is 30.3 Å². The van der Waals surface area contributed by atoms with Crippen LogP contribution in [0.3, 0.4) is 0 Å². The predicted octanol–water partition coefficient (Wildman–Crippen LogP) is 2.19. The van der Waals surface area contributed by atoms with Crippen LogP contribution in [0.4, 0.5) is 10.1 Å². The highest BCUT2D eigenvalue weighted by atomic mass is 19.1. The van der Waals surface area contributed by atoms with Gasteiger partial charge in [0.2, 0.25) is 5.91 Å². The maximum atomic E-state index is 13.3. The van der Waals surface area contributed by atoms with E-state index in [1.165, 1.54) is 18.2 Å². The average molecular weight is 272 g/mol. The van der Waals surface area contributed by atoms with Crippen molar-refractivity contribution in [2.45, 2.75) is 0 Å². The Hall–Kier alpha value is -2.69. The molecule has 20 heavy (non-hydrogen) atoms. The highest BCUT2D eigenvalue weighted by Gasteiger charge is 2.11. The summed E-state index contributed by atoms with van der Waals surface area (Å²) >= 11 is 0. The van der Waals surface area contributed by atoms with E-state index in [2.05, 4.69) is 10.6 Å². The Bertz CT molecular complexity index is 614. The van der Waals surface area contributed by atoms with Crippen molar-refractivity contribution in [2.24, 2.45) is 0 Å². The molecule has 0 radical (unpaired) electrons. The molecule has 2 rings (SSSR count). The molecule has 0 aliphatic carbocycles. The standard InChI is InChI=1S/C15H13FN2O2/c16-13-9-5-4-8-12(13)15(20)17-10-14(19)18-11-6-2-1-3-7-11/h1-9H,10H2,(H,17,20)(H,18,19). The Labute approximate surface area is 115 Å². The first-order chi connectivity index (χ1) is 9.66. The van der Waals surface area contributed by atoms with Crippen molar-refractivity contribution < 1.29 is 14.0 Å². The molecule has 0 bridgehead atoms. The topological polar surface area (TPSA) is 58.2 Å². The highest BCUT2D eigenvalue weighted by molar-refractivity contribution is 5.99. The van der Waals surface area contributed by atoms with Crippen LogP contribution in [-0.4, -0.2) is 18.4 Å². The zero-order valence-electron chi connectivity index (χ0n) is 10.6. The summed E-state index contributed by atoms with van der Waals surface area (Å²) in [4.78, 5) is 23.3. The summed E-state index contributed by atoms with van der Waals surface area (Å²) in [6.45, 7) is -0.220. The summed E-state index contributed by atoms with van der Waals surface area (Å²) in [5.41, 5.74) is 0.553. The average Bonchev–Trinajstić information content (AvgIpc) is 2.46. The number of halogens is 1. The summed E-state index contributed by atoms with van der Waals surface area (Å²) in [6.07, 6.45) is 0. The predicted molar refractivity (Wildman–Crippen MR) is 73.8 cm³/mol. The zero-order valence-corrected chi connectivity index (χ0v) is 10.6. The van der Waals surface area contributed by atoms with Gasteiger partial charge < -0.3 is 10.6 Å². The molecule has 0 aromatic heterocycles. The van der Waals surface area contributed by atoms with Crippen LogP contribution in [0.5, 0.6) is 0 Å². The number of rotatable bonds is 4. The number of amides is 2. The second-order valence-electron chi connectivity index (χ2n) is 4.08. The summed E-state index contributed by atoms with van der Waals surface area (Å²) in [7, 11) is 0. The van der Waals surface area contributed by atoms with Crippen LogP contribution in [0.25, 0.3) is 0 Å². The number of anilines is 1. The Morgan fingerprint density at radius 1 is 0.950 bits per heavy atom. The van der Waals surface area contributed by atoms with Crippen LogP contribution in [0.2, 0.25) is 0 Å². The normalized spacial score (nSPS) is 9.85. The van der Waals surface area contributed by atoms with Crippen LogP contribution < -0.4 is 10.6 Å². The minimum absolute atomic E-state index is 0.0833. The Balaban J connectivity index is 1.88. The molecule has 0 saturated carbocycles. The van der Waals surface area contributed by atoms with Crippen LogP contribution in [0, 0.1) is 5.82 Å². The second-order valence-corrected chi connectivity index (χ2v) is 4.08. The van der Waals surface area contributed by atoms with E-state index >= 15 is 0 Å². The van der Waals surface area contributed by atoms with Gasteiger partial charge in [0, 0.05) is 5.69 Å². The molecular formula is C15H13FN2O2. The van der Waals surface area contributed by atoms with Gasteiger partial charge in [-0.3, -0.25) is 9.59 Å². The molecule has 2 amide bonds. The monoisotopic (exact) mass is 272 g/mol. The lowest BCUT2D eigenvalue weighted by molar-refractivity contribution is -0.115. The number of hydrogen-bond donors (Lipinski definition) is 2. The van der Waals surface area contributed by atoms with Crippen molar-refractivity contribution in [3.8, 4) is 0 Å². The van der Waals surface area contributed by atoms with Gasteiger partial charge in [-0.2, -0.15) is 0 Å². The number of para-hydroxylation sites is 1. The van der Waals surface area contributed by atoms with Crippen molar-refractivity contribution in [2.75, 3.05) is 11.9 Å². The number of nitrogens with one attached hydrogen (secondary N) is 2. The maximum Gasteiger partial charge on any atom is 0.254 e. The zero-order chi connectivity index (χ0) is 14.4. The van der Waals surface area contributed by atoms with Crippen LogP contribution >= 0.6 is 0 Å². The minimum Gasteiger partial charge on any atom is -0.343 e. The fourth-order valence-corrected chi connectivity index (χ4v) is 1.63. The first kappa shape index (κ1) is 13.7. The molecule has 2 aromatic rings. The van der Waals surface area contributed by atoms with E-state index < -0.39 is 11.7 Å². The number of benzene rings is 2. The van der Waals surface area contributed by atoms with Crippen molar-refractivity contribution in [1.29, 1.82) is 0 Å². The molecule has 4 nitrogen and oxygen atoms in total. The first-order valence-electron chi connectivity index (χ1n) is 6.04. The SMILES string of the molecule is O=C(CNC(=O)c1ccccc1F)Nc1ccccc1. The number of hydrogen-bond acceptors (Lipinski definition) is 2. The third-order valence-electron chi connectivity index (χ3n) is 2.59. The Morgan fingerprint density at radius 2 is 1.60 bits per heavy atom. The van der Waals surface area contributed by atoms with E-state index in [1.54, 1.807) is 30.3 Å². The van der Waals surface area contributed by atoms with E-state index in [-0.39, 0.29) is 18.0 Å². The summed E-state index contributed by atoms with van der Waals surface area (Å²) in [5, 5.41) is 4.98. The molecule has 0 unspecified atom stereocenters. The second kappa shape index (κ2) is 6.47. The Morgan fingerprint density at radius 3 is 2.30 bits per heavy atom. The van der Waals surface area contributed by atoms with Gasteiger partial charge >= 0.3 is 0 Å². The molecule has 0 atom stereocenters. The first-order valence-corrected chi connectivity index (χ1v) is 6.04. The molecule has 0 saturated heterocycles. The third kappa shape index (κ3) is 3.65. The van der Waals surface area contributed by atoms with Gasteiger partial charge in [0.25, 0.3) is 5.91 Å². The maximum absolute atomic E-state index is 13.3. The third-order valence-corrected chi connectivity index (χ3v) is 2.59. The van der Waals surface area contributed by atoms with E-state index in [4.69, 9.17) is 0 Å². The van der Waals surface area contributed by atoms with Crippen molar-refractivity contribution in [1.82, 2.24) is 5.32 Å². The molecular weight excluding hydrogens is 259 g/mol. The van der Waals surface area contributed by atoms with E-state index in [0.717, 1.165) is 0 Å². The Kier molecular flexibility index (Phi) is 4.44. The van der Waals surface area contributed by atoms with E-state index in [0.29, 0.717) is 5.69 Å². The fraction of sp³-hybridized carbons (Fsp3) is 0.0667. The van der Waals surface area contributed by atoms with Gasteiger partial charge in [-0.15, -0.1) is 0 Å². The molecule has 0 aliphatic rings. The largest absolute Gasteiger partial charge is 0.343 e. The minimum atomic E-state index is -0.619. The molecule has 5 heteroatoms. The van der Waals surface area contributed by atoms with Crippen molar-refractivity contribution in [3.63, 3.8) is 0 Å². The quantitative estimate of drug-likeness (QED) is 0.896. The van der Waals surface area contributed by atoms with Crippen molar-refractivity contribution >= 4 is 17.5 Å². The van der Waals surface area contributed by atoms with Crippen molar-refractivity contribution in [3.05, 3.63) is 66.0 Å². The molecule has 0 heterocycles. The molecule has 0 aliphatic heterocycles. The molecule has 102 valence electrons. The van der Waals surface area contributed by atoms with Crippen LogP contribution in [-0.2, 0) is 4.79 Å². The van der Waals surface area contributed by atoms with Gasteiger partial charge in [0.05, 0.1) is 12.1 Å². The van der Waals surface area contributed by atoms with Crippen LogP contribution in [0.15, 0.2) is 54.6 Å². The number of carbonyl (C=O) groups is 2. The highest BCUT2D eigenvalue weighted by Crippen LogP contribution is 2.06. The van der Waals surface area contributed by atoms with Gasteiger partial charge in [0.15, 0.2) is 0 Å². The molecule has 0 spiro atoms.